The molecule has 0 aliphatic heterocycles. The zero-order valence-corrected chi connectivity index (χ0v) is 14.6. The predicted octanol–water partition coefficient (Wildman–Crippen LogP) is 3.58. The highest BCUT2D eigenvalue weighted by atomic mass is 32.2. The van der Waals surface area contributed by atoms with Crippen LogP contribution in [0.15, 0.2) is 47.4 Å². The summed E-state index contributed by atoms with van der Waals surface area (Å²) in [6, 6.07) is 8.89. The lowest BCUT2D eigenvalue weighted by molar-refractivity contribution is -0.137. The van der Waals surface area contributed by atoms with E-state index in [-0.39, 0.29) is 5.75 Å². The quantitative estimate of drug-likeness (QED) is 0.869. The van der Waals surface area contributed by atoms with E-state index >= 15 is 0 Å². The largest absolute Gasteiger partial charge is 0.495 e. The molecule has 1 N–H and O–H groups in total. The van der Waals surface area contributed by atoms with Crippen molar-refractivity contribution in [2.75, 3.05) is 30.8 Å². The van der Waals surface area contributed by atoms with Crippen molar-refractivity contribution in [1.29, 1.82) is 0 Å². The van der Waals surface area contributed by atoms with Crippen LogP contribution in [0.3, 0.4) is 0 Å². The average Bonchev–Trinajstić information content (AvgIpc) is 2.59. The number of sulfonamides is 1. The van der Waals surface area contributed by atoms with E-state index in [9.17, 15) is 21.6 Å². The molecule has 0 aliphatic carbocycles. The fourth-order valence-electron chi connectivity index (χ4n) is 2.29. The number of ether oxygens (including phenoxy) is 1. The van der Waals surface area contributed by atoms with Crippen LogP contribution in [-0.4, -0.2) is 29.6 Å². The van der Waals surface area contributed by atoms with Crippen LogP contribution in [0.5, 0.6) is 5.75 Å². The number of nitrogens with one attached hydrogen (secondary N) is 1. The van der Waals surface area contributed by atoms with Crippen LogP contribution in [0.4, 0.5) is 24.5 Å². The SMILES string of the molecule is CNc1ccccc1N(C)S(=O)(=O)c1cc(C(F)(F)F)ccc1OC. The molecule has 0 spiro atoms. The number of hydrogen-bond donors (Lipinski definition) is 1. The van der Waals surface area contributed by atoms with Gasteiger partial charge in [-0.25, -0.2) is 8.42 Å². The minimum absolute atomic E-state index is 0.165. The molecule has 0 atom stereocenters. The maximum absolute atomic E-state index is 13.0. The molecule has 0 bridgehead atoms. The first-order chi connectivity index (χ1) is 11.6. The van der Waals surface area contributed by atoms with Gasteiger partial charge in [0.05, 0.1) is 24.0 Å². The predicted molar refractivity (Wildman–Crippen MR) is 89.6 cm³/mol. The summed E-state index contributed by atoms with van der Waals surface area (Å²) in [7, 11) is -0.200. The van der Waals surface area contributed by atoms with Crippen LogP contribution in [0.1, 0.15) is 5.56 Å². The van der Waals surface area contributed by atoms with Gasteiger partial charge in [0.2, 0.25) is 0 Å². The Morgan fingerprint density at radius 2 is 1.76 bits per heavy atom. The Bertz CT molecular complexity index is 867. The molecule has 0 saturated heterocycles. The van der Waals surface area contributed by atoms with Gasteiger partial charge in [0.25, 0.3) is 10.0 Å². The van der Waals surface area contributed by atoms with Crippen molar-refractivity contribution in [1.82, 2.24) is 0 Å². The van der Waals surface area contributed by atoms with E-state index in [4.69, 9.17) is 4.74 Å². The van der Waals surface area contributed by atoms with E-state index in [0.29, 0.717) is 17.4 Å². The number of alkyl halides is 3. The van der Waals surface area contributed by atoms with Crippen LogP contribution in [0, 0.1) is 0 Å². The lowest BCUT2D eigenvalue weighted by Gasteiger charge is -2.23. The van der Waals surface area contributed by atoms with Crippen molar-refractivity contribution < 1.29 is 26.3 Å². The van der Waals surface area contributed by atoms with Gasteiger partial charge in [0, 0.05) is 14.1 Å². The summed E-state index contributed by atoms with van der Waals surface area (Å²) in [5, 5.41) is 2.85. The van der Waals surface area contributed by atoms with Crippen molar-refractivity contribution >= 4 is 21.4 Å². The molecule has 0 saturated carbocycles. The number of anilines is 2. The van der Waals surface area contributed by atoms with Gasteiger partial charge >= 0.3 is 6.18 Å². The molecule has 2 rings (SSSR count). The van der Waals surface area contributed by atoms with Gasteiger partial charge in [-0.2, -0.15) is 13.2 Å². The average molecular weight is 374 g/mol. The molecule has 0 amide bonds. The molecule has 0 unspecified atom stereocenters. The molecule has 2 aromatic rings. The Morgan fingerprint density at radius 1 is 1.12 bits per heavy atom. The Balaban J connectivity index is 2.62. The first-order valence-corrected chi connectivity index (χ1v) is 8.58. The van der Waals surface area contributed by atoms with Gasteiger partial charge in [-0.05, 0) is 30.3 Å². The van der Waals surface area contributed by atoms with Crippen LogP contribution >= 0.6 is 0 Å². The summed E-state index contributed by atoms with van der Waals surface area (Å²) >= 11 is 0. The highest BCUT2D eigenvalue weighted by Crippen LogP contribution is 2.37. The van der Waals surface area contributed by atoms with Gasteiger partial charge < -0.3 is 10.1 Å². The van der Waals surface area contributed by atoms with E-state index in [1.807, 2.05) is 0 Å². The van der Waals surface area contributed by atoms with Crippen molar-refractivity contribution in [3.63, 3.8) is 0 Å². The Morgan fingerprint density at radius 3 is 2.32 bits per heavy atom. The van der Waals surface area contributed by atoms with Crippen LogP contribution < -0.4 is 14.4 Å². The number of halogens is 3. The first kappa shape index (κ1) is 18.9. The standard InChI is InChI=1S/C16H17F3N2O3S/c1-20-12-6-4-5-7-13(12)21(2)25(22,23)15-10-11(16(17,18)19)8-9-14(15)24-3/h4-10,20H,1-3H3. The minimum atomic E-state index is -4.67. The van der Waals surface area contributed by atoms with Crippen molar-refractivity contribution in [3.8, 4) is 5.75 Å². The molecule has 0 aliphatic rings. The number of methoxy groups -OCH3 is 1. The fourth-order valence-corrected chi connectivity index (χ4v) is 3.69. The highest BCUT2D eigenvalue weighted by Gasteiger charge is 2.34. The van der Waals surface area contributed by atoms with Crippen molar-refractivity contribution in [2.45, 2.75) is 11.1 Å². The molecular formula is C16H17F3N2O3S. The zero-order valence-electron chi connectivity index (χ0n) is 13.8. The molecule has 0 radical (unpaired) electrons. The Kier molecular flexibility index (Phi) is 5.17. The van der Waals surface area contributed by atoms with Crippen LogP contribution in [0.25, 0.3) is 0 Å². The van der Waals surface area contributed by atoms with E-state index in [1.54, 1.807) is 31.3 Å². The topological polar surface area (TPSA) is 58.6 Å². The number of nitrogens with zero attached hydrogens (tertiary/aromatic N) is 1. The second kappa shape index (κ2) is 6.83. The van der Waals surface area contributed by atoms with Crippen LogP contribution in [-0.2, 0) is 16.2 Å². The Hall–Kier alpha value is -2.42. The summed E-state index contributed by atoms with van der Waals surface area (Å²) in [4.78, 5) is -0.557. The third-order valence-electron chi connectivity index (χ3n) is 3.64. The third kappa shape index (κ3) is 3.65. The lowest BCUT2D eigenvalue weighted by Crippen LogP contribution is -2.28. The minimum Gasteiger partial charge on any atom is -0.495 e. The molecule has 25 heavy (non-hydrogen) atoms. The second-order valence-corrected chi connectivity index (χ2v) is 7.04. The number of rotatable bonds is 5. The van der Waals surface area contributed by atoms with Gasteiger partial charge in [-0.15, -0.1) is 0 Å². The zero-order chi connectivity index (χ0) is 18.8. The van der Waals surface area contributed by atoms with Gasteiger partial charge in [0.1, 0.15) is 10.6 Å². The number of para-hydroxylation sites is 2. The second-order valence-electron chi connectivity index (χ2n) is 5.10. The van der Waals surface area contributed by atoms with E-state index < -0.39 is 26.7 Å². The fraction of sp³-hybridized carbons (Fsp3) is 0.250. The first-order valence-electron chi connectivity index (χ1n) is 7.14. The summed E-state index contributed by atoms with van der Waals surface area (Å²) in [5.41, 5.74) is -0.258. The molecule has 2 aromatic carbocycles. The van der Waals surface area contributed by atoms with Crippen molar-refractivity contribution in [2.24, 2.45) is 0 Å². The number of hydrogen-bond acceptors (Lipinski definition) is 4. The summed E-state index contributed by atoms with van der Waals surface area (Å²) in [6.45, 7) is 0. The lowest BCUT2D eigenvalue weighted by atomic mass is 10.2. The molecule has 5 nitrogen and oxygen atoms in total. The molecule has 136 valence electrons. The Labute approximate surface area is 144 Å². The maximum atomic E-state index is 13.0. The van der Waals surface area contributed by atoms with E-state index in [0.717, 1.165) is 16.4 Å². The normalized spacial score (nSPS) is 11.9. The van der Waals surface area contributed by atoms with E-state index in [2.05, 4.69) is 5.32 Å². The smallest absolute Gasteiger partial charge is 0.416 e. The van der Waals surface area contributed by atoms with Gasteiger partial charge in [-0.3, -0.25) is 4.31 Å². The van der Waals surface area contributed by atoms with Crippen LogP contribution in [0.2, 0.25) is 0 Å². The monoisotopic (exact) mass is 374 g/mol. The molecular weight excluding hydrogens is 357 g/mol. The van der Waals surface area contributed by atoms with Gasteiger partial charge in [-0.1, -0.05) is 12.1 Å². The summed E-state index contributed by atoms with van der Waals surface area (Å²) in [5.74, 6) is -0.165. The van der Waals surface area contributed by atoms with Crippen molar-refractivity contribution in [3.05, 3.63) is 48.0 Å². The number of benzene rings is 2. The third-order valence-corrected chi connectivity index (χ3v) is 5.43. The molecule has 0 fully saturated rings. The molecule has 0 aromatic heterocycles. The molecule has 0 heterocycles. The van der Waals surface area contributed by atoms with E-state index in [1.165, 1.54) is 14.2 Å². The highest BCUT2D eigenvalue weighted by molar-refractivity contribution is 7.93. The molecule has 9 heteroatoms. The summed E-state index contributed by atoms with van der Waals surface area (Å²) < 4.78 is 70.6. The van der Waals surface area contributed by atoms with Gasteiger partial charge in [0.15, 0.2) is 0 Å². The summed E-state index contributed by atoms with van der Waals surface area (Å²) in [6.07, 6.45) is -4.67. The maximum Gasteiger partial charge on any atom is 0.416 e.